The van der Waals surface area contributed by atoms with Crippen LogP contribution in [0.25, 0.3) is 0 Å². The molecule has 1 heterocycles. The Morgan fingerprint density at radius 2 is 1.67 bits per heavy atom. The van der Waals surface area contributed by atoms with Gasteiger partial charge < -0.3 is 15.4 Å². The summed E-state index contributed by atoms with van der Waals surface area (Å²) in [5.74, 6) is 0.598. The van der Waals surface area contributed by atoms with Gasteiger partial charge in [-0.2, -0.15) is 0 Å². The fraction of sp³-hybridized carbons (Fsp3) is 0.182. The van der Waals surface area contributed by atoms with Crippen molar-refractivity contribution >= 4 is 17.3 Å². The largest absolute Gasteiger partial charge is 0.497 e. The zero-order valence-electron chi connectivity index (χ0n) is 15.5. The number of aryl methyl sites for hydroxylation is 1. The first-order valence-electron chi connectivity index (χ1n) is 8.91. The number of ether oxygens (including phenoxy) is 1. The van der Waals surface area contributed by atoms with E-state index in [4.69, 9.17) is 4.74 Å². The maximum atomic E-state index is 12.5. The van der Waals surface area contributed by atoms with Crippen molar-refractivity contribution in [1.29, 1.82) is 0 Å². The molecule has 1 aromatic heterocycles. The molecule has 1 amide bonds. The number of nitrogens with zero attached hydrogens (tertiary/aromatic N) is 1. The van der Waals surface area contributed by atoms with Crippen LogP contribution in [0.4, 0.5) is 11.4 Å². The molecule has 0 radical (unpaired) electrons. The van der Waals surface area contributed by atoms with Crippen molar-refractivity contribution in [3.05, 3.63) is 83.7 Å². The number of carbonyl (C=O) groups is 1. The Morgan fingerprint density at radius 3 is 2.33 bits per heavy atom. The van der Waals surface area contributed by atoms with Crippen molar-refractivity contribution in [2.75, 3.05) is 17.7 Å². The Bertz CT molecular complexity index is 890. The Labute approximate surface area is 159 Å². The van der Waals surface area contributed by atoms with E-state index in [1.807, 2.05) is 54.6 Å². The highest BCUT2D eigenvalue weighted by molar-refractivity contribution is 6.03. The smallest absolute Gasteiger partial charge is 0.274 e. The van der Waals surface area contributed by atoms with Crippen LogP contribution < -0.4 is 15.4 Å². The van der Waals surface area contributed by atoms with Gasteiger partial charge in [0.25, 0.3) is 5.91 Å². The minimum absolute atomic E-state index is 0.229. The standard InChI is InChI=1S/C22H23N3O2/c1-3-16-4-8-18(9-5-16)25-22(26)21-14-19(12-13-23-21)24-15-17-6-10-20(27-2)11-7-17/h4-14H,3,15H2,1-2H3,(H,23,24)(H,25,26). The number of benzene rings is 2. The van der Waals surface area contributed by atoms with Crippen LogP contribution in [0, 0.1) is 0 Å². The molecule has 0 fully saturated rings. The molecule has 0 aliphatic rings. The summed E-state index contributed by atoms with van der Waals surface area (Å²) in [5, 5.41) is 6.19. The van der Waals surface area contributed by atoms with E-state index in [-0.39, 0.29) is 5.91 Å². The van der Waals surface area contributed by atoms with E-state index in [0.29, 0.717) is 12.2 Å². The minimum Gasteiger partial charge on any atom is -0.497 e. The lowest BCUT2D eigenvalue weighted by Gasteiger charge is -2.09. The summed E-state index contributed by atoms with van der Waals surface area (Å²) in [6, 6.07) is 19.3. The van der Waals surface area contributed by atoms with Crippen LogP contribution in [0.1, 0.15) is 28.5 Å². The van der Waals surface area contributed by atoms with E-state index in [0.717, 1.165) is 29.1 Å². The van der Waals surface area contributed by atoms with Gasteiger partial charge in [0.1, 0.15) is 11.4 Å². The average Bonchev–Trinajstić information content (AvgIpc) is 2.73. The SMILES string of the molecule is CCc1ccc(NC(=O)c2cc(NCc3ccc(OC)cc3)ccn2)cc1. The maximum Gasteiger partial charge on any atom is 0.274 e. The zero-order chi connectivity index (χ0) is 19.1. The van der Waals surface area contributed by atoms with Gasteiger partial charge in [-0.05, 0) is 53.9 Å². The van der Waals surface area contributed by atoms with Crippen molar-refractivity contribution in [1.82, 2.24) is 4.98 Å². The highest BCUT2D eigenvalue weighted by Crippen LogP contribution is 2.15. The lowest BCUT2D eigenvalue weighted by atomic mass is 10.1. The van der Waals surface area contributed by atoms with Crippen molar-refractivity contribution in [2.45, 2.75) is 19.9 Å². The number of aromatic nitrogens is 1. The highest BCUT2D eigenvalue weighted by Gasteiger charge is 2.08. The lowest BCUT2D eigenvalue weighted by Crippen LogP contribution is -2.14. The fourth-order valence-corrected chi connectivity index (χ4v) is 2.63. The molecular weight excluding hydrogens is 338 g/mol. The Hall–Kier alpha value is -3.34. The Kier molecular flexibility index (Phi) is 6.05. The minimum atomic E-state index is -0.229. The first-order chi connectivity index (χ1) is 13.2. The third-order valence-electron chi connectivity index (χ3n) is 4.27. The topological polar surface area (TPSA) is 63.2 Å². The second kappa shape index (κ2) is 8.85. The van der Waals surface area contributed by atoms with Crippen molar-refractivity contribution in [2.24, 2.45) is 0 Å². The van der Waals surface area contributed by atoms with Crippen molar-refractivity contribution < 1.29 is 9.53 Å². The average molecular weight is 361 g/mol. The molecule has 0 saturated carbocycles. The number of nitrogens with one attached hydrogen (secondary N) is 2. The summed E-state index contributed by atoms with van der Waals surface area (Å²) in [6.45, 7) is 2.75. The molecule has 0 bridgehead atoms. The van der Waals surface area contributed by atoms with Gasteiger partial charge in [0.2, 0.25) is 0 Å². The first kappa shape index (κ1) is 18.5. The summed E-state index contributed by atoms with van der Waals surface area (Å²) < 4.78 is 5.16. The third-order valence-corrected chi connectivity index (χ3v) is 4.27. The molecule has 0 atom stereocenters. The Morgan fingerprint density at radius 1 is 0.963 bits per heavy atom. The first-order valence-corrected chi connectivity index (χ1v) is 8.91. The molecule has 2 aromatic carbocycles. The van der Waals surface area contributed by atoms with Crippen LogP contribution in [0.3, 0.4) is 0 Å². The summed E-state index contributed by atoms with van der Waals surface area (Å²) in [5.41, 5.74) is 4.32. The van der Waals surface area contributed by atoms with Crippen molar-refractivity contribution in [3.63, 3.8) is 0 Å². The molecule has 2 N–H and O–H groups in total. The molecule has 5 heteroatoms. The second-order valence-electron chi connectivity index (χ2n) is 6.14. The molecule has 3 rings (SSSR count). The predicted octanol–water partition coefficient (Wildman–Crippen LogP) is 4.52. The maximum absolute atomic E-state index is 12.5. The van der Waals surface area contributed by atoms with Gasteiger partial charge in [-0.15, -0.1) is 0 Å². The van der Waals surface area contributed by atoms with Crippen LogP contribution in [0.2, 0.25) is 0 Å². The monoisotopic (exact) mass is 361 g/mol. The molecule has 138 valence electrons. The zero-order valence-corrected chi connectivity index (χ0v) is 15.5. The van der Waals surface area contributed by atoms with Crippen LogP contribution in [-0.2, 0) is 13.0 Å². The van der Waals surface area contributed by atoms with E-state index >= 15 is 0 Å². The van der Waals surface area contributed by atoms with E-state index in [9.17, 15) is 4.79 Å². The summed E-state index contributed by atoms with van der Waals surface area (Å²) in [6.07, 6.45) is 2.60. The van der Waals surface area contributed by atoms with Gasteiger partial charge >= 0.3 is 0 Å². The molecule has 0 aliphatic heterocycles. The molecule has 0 spiro atoms. The number of rotatable bonds is 7. The molecule has 3 aromatic rings. The lowest BCUT2D eigenvalue weighted by molar-refractivity contribution is 0.102. The van der Waals surface area contributed by atoms with Gasteiger partial charge in [-0.1, -0.05) is 31.2 Å². The molecule has 0 unspecified atom stereocenters. The Balaban J connectivity index is 1.62. The van der Waals surface area contributed by atoms with Crippen LogP contribution in [0.15, 0.2) is 66.9 Å². The number of anilines is 2. The van der Waals surface area contributed by atoms with E-state index in [2.05, 4.69) is 22.5 Å². The molecule has 27 heavy (non-hydrogen) atoms. The van der Waals surface area contributed by atoms with Crippen LogP contribution >= 0.6 is 0 Å². The number of hydrogen-bond donors (Lipinski definition) is 2. The molecule has 5 nitrogen and oxygen atoms in total. The number of hydrogen-bond acceptors (Lipinski definition) is 4. The van der Waals surface area contributed by atoms with Crippen molar-refractivity contribution in [3.8, 4) is 5.75 Å². The van der Waals surface area contributed by atoms with Gasteiger partial charge in [0, 0.05) is 24.1 Å². The number of carbonyl (C=O) groups excluding carboxylic acids is 1. The number of methoxy groups -OCH3 is 1. The third kappa shape index (κ3) is 5.07. The second-order valence-corrected chi connectivity index (χ2v) is 6.14. The fourth-order valence-electron chi connectivity index (χ4n) is 2.63. The van der Waals surface area contributed by atoms with E-state index in [1.165, 1.54) is 5.56 Å². The van der Waals surface area contributed by atoms with E-state index < -0.39 is 0 Å². The number of amides is 1. The van der Waals surface area contributed by atoms with Gasteiger partial charge in [-0.25, -0.2) is 0 Å². The van der Waals surface area contributed by atoms with Gasteiger partial charge in [-0.3, -0.25) is 9.78 Å². The summed E-state index contributed by atoms with van der Waals surface area (Å²) in [7, 11) is 1.65. The molecule has 0 aliphatic carbocycles. The summed E-state index contributed by atoms with van der Waals surface area (Å²) in [4.78, 5) is 16.6. The van der Waals surface area contributed by atoms with Gasteiger partial charge in [0.05, 0.1) is 7.11 Å². The highest BCUT2D eigenvalue weighted by atomic mass is 16.5. The van der Waals surface area contributed by atoms with Gasteiger partial charge in [0.15, 0.2) is 0 Å². The summed E-state index contributed by atoms with van der Waals surface area (Å²) >= 11 is 0. The quantitative estimate of drug-likeness (QED) is 0.650. The number of pyridine rings is 1. The van der Waals surface area contributed by atoms with Crippen LogP contribution in [-0.4, -0.2) is 18.0 Å². The molecular formula is C22H23N3O2. The predicted molar refractivity (Wildman–Crippen MR) is 108 cm³/mol. The van der Waals surface area contributed by atoms with E-state index in [1.54, 1.807) is 19.4 Å². The normalized spacial score (nSPS) is 10.3. The van der Waals surface area contributed by atoms with Crippen LogP contribution in [0.5, 0.6) is 5.75 Å². The molecule has 0 saturated heterocycles.